The third-order valence-corrected chi connectivity index (χ3v) is 5.07. The number of amides is 1. The number of rotatable bonds is 3. The number of nitrogens with zero attached hydrogens (tertiary/aromatic N) is 1. The lowest BCUT2D eigenvalue weighted by molar-refractivity contribution is -0.130. The molecule has 0 radical (unpaired) electrons. The number of aryl methyl sites for hydroxylation is 2. The summed E-state index contributed by atoms with van der Waals surface area (Å²) < 4.78 is 0. The standard InChI is InChI=1S/C17H20N2OS/c1-11-6-4-5-7-15(11)16-18-13(3)17(20)19(16)8-14-10-21-9-12(14)2/h4-7,9-10,13,16,18H,8H2,1-3H3. The second-order valence-electron chi connectivity index (χ2n) is 5.69. The molecule has 110 valence electrons. The summed E-state index contributed by atoms with van der Waals surface area (Å²) in [5, 5.41) is 7.70. The van der Waals surface area contributed by atoms with Crippen molar-refractivity contribution in [3.05, 3.63) is 57.3 Å². The molecule has 1 amide bonds. The van der Waals surface area contributed by atoms with E-state index in [9.17, 15) is 4.79 Å². The molecule has 1 aromatic carbocycles. The van der Waals surface area contributed by atoms with Crippen LogP contribution < -0.4 is 5.32 Å². The van der Waals surface area contributed by atoms with E-state index < -0.39 is 0 Å². The van der Waals surface area contributed by atoms with Gasteiger partial charge in [0.25, 0.3) is 0 Å². The quantitative estimate of drug-likeness (QED) is 0.942. The molecule has 0 spiro atoms. The highest BCUT2D eigenvalue weighted by Gasteiger charge is 2.37. The van der Waals surface area contributed by atoms with Crippen LogP contribution in [0.5, 0.6) is 0 Å². The molecule has 2 unspecified atom stereocenters. The smallest absolute Gasteiger partial charge is 0.241 e. The molecule has 1 aliphatic rings. The van der Waals surface area contributed by atoms with Crippen LogP contribution >= 0.6 is 11.3 Å². The minimum atomic E-state index is -0.131. The van der Waals surface area contributed by atoms with Gasteiger partial charge in [0.2, 0.25) is 5.91 Å². The first kappa shape index (κ1) is 14.3. The van der Waals surface area contributed by atoms with Crippen LogP contribution in [-0.2, 0) is 11.3 Å². The normalized spacial score (nSPS) is 22.0. The van der Waals surface area contributed by atoms with Crippen molar-refractivity contribution in [1.82, 2.24) is 10.2 Å². The van der Waals surface area contributed by atoms with Crippen molar-refractivity contribution in [1.29, 1.82) is 0 Å². The number of thiophene rings is 1. The zero-order valence-electron chi connectivity index (χ0n) is 12.6. The van der Waals surface area contributed by atoms with E-state index in [0.29, 0.717) is 6.54 Å². The van der Waals surface area contributed by atoms with Crippen molar-refractivity contribution in [3.8, 4) is 0 Å². The molecule has 1 aliphatic heterocycles. The summed E-state index contributed by atoms with van der Waals surface area (Å²) in [6.07, 6.45) is -0.0343. The fourth-order valence-corrected chi connectivity index (χ4v) is 3.68. The monoisotopic (exact) mass is 300 g/mol. The van der Waals surface area contributed by atoms with Gasteiger partial charge in [0, 0.05) is 6.54 Å². The lowest BCUT2D eigenvalue weighted by Crippen LogP contribution is -2.30. The average molecular weight is 300 g/mol. The Kier molecular flexibility index (Phi) is 3.83. The van der Waals surface area contributed by atoms with Crippen molar-refractivity contribution < 1.29 is 4.79 Å². The predicted molar refractivity (Wildman–Crippen MR) is 86.1 cm³/mol. The first-order valence-corrected chi connectivity index (χ1v) is 8.16. The fourth-order valence-electron chi connectivity index (χ4n) is 2.83. The van der Waals surface area contributed by atoms with Gasteiger partial charge in [-0.3, -0.25) is 10.1 Å². The highest BCUT2D eigenvalue weighted by molar-refractivity contribution is 7.08. The lowest BCUT2D eigenvalue weighted by atomic mass is 10.1. The topological polar surface area (TPSA) is 32.3 Å². The highest BCUT2D eigenvalue weighted by atomic mass is 32.1. The van der Waals surface area contributed by atoms with Crippen molar-refractivity contribution in [2.45, 2.75) is 39.5 Å². The minimum absolute atomic E-state index is 0.0343. The number of nitrogens with one attached hydrogen (secondary N) is 1. The number of hydrogen-bond acceptors (Lipinski definition) is 3. The maximum Gasteiger partial charge on any atom is 0.241 e. The van der Waals surface area contributed by atoms with Crippen LogP contribution in [0.2, 0.25) is 0 Å². The molecule has 1 saturated heterocycles. The first-order valence-electron chi connectivity index (χ1n) is 7.21. The molecular weight excluding hydrogens is 280 g/mol. The summed E-state index contributed by atoms with van der Waals surface area (Å²) in [5.74, 6) is 0.175. The molecule has 1 fully saturated rings. The summed E-state index contributed by atoms with van der Waals surface area (Å²) >= 11 is 1.69. The van der Waals surface area contributed by atoms with Gasteiger partial charge in [0.05, 0.1) is 6.04 Å². The lowest BCUT2D eigenvalue weighted by Gasteiger charge is -2.26. The molecule has 3 nitrogen and oxygen atoms in total. The fraction of sp³-hybridized carbons (Fsp3) is 0.353. The molecule has 2 aromatic rings. The number of carbonyl (C=O) groups is 1. The molecule has 2 heterocycles. The second kappa shape index (κ2) is 5.62. The Morgan fingerprint density at radius 1 is 1.19 bits per heavy atom. The van der Waals surface area contributed by atoms with Crippen LogP contribution in [0.4, 0.5) is 0 Å². The van der Waals surface area contributed by atoms with Gasteiger partial charge in [-0.15, -0.1) is 0 Å². The molecule has 1 N–H and O–H groups in total. The Labute approximate surface area is 129 Å². The van der Waals surface area contributed by atoms with Crippen LogP contribution in [0.15, 0.2) is 35.0 Å². The predicted octanol–water partition coefficient (Wildman–Crippen LogP) is 3.38. The van der Waals surface area contributed by atoms with Crippen LogP contribution in [-0.4, -0.2) is 16.8 Å². The van der Waals surface area contributed by atoms with Gasteiger partial charge in [-0.05, 0) is 53.8 Å². The van der Waals surface area contributed by atoms with Crippen LogP contribution in [0.3, 0.4) is 0 Å². The summed E-state index contributed by atoms with van der Waals surface area (Å²) in [7, 11) is 0. The molecule has 0 bridgehead atoms. The molecule has 4 heteroatoms. The maximum atomic E-state index is 12.5. The van der Waals surface area contributed by atoms with E-state index >= 15 is 0 Å². The highest BCUT2D eigenvalue weighted by Crippen LogP contribution is 2.30. The number of benzene rings is 1. The Bertz CT molecular complexity index is 664. The third kappa shape index (κ3) is 2.61. The summed E-state index contributed by atoms with van der Waals surface area (Å²) in [4.78, 5) is 14.5. The average Bonchev–Trinajstić information content (AvgIpc) is 2.98. The van der Waals surface area contributed by atoms with E-state index in [1.807, 2.05) is 24.0 Å². The van der Waals surface area contributed by atoms with E-state index in [0.717, 1.165) is 0 Å². The second-order valence-corrected chi connectivity index (χ2v) is 6.44. The molecule has 21 heavy (non-hydrogen) atoms. The minimum Gasteiger partial charge on any atom is -0.317 e. The number of carbonyl (C=O) groups excluding carboxylic acids is 1. The largest absolute Gasteiger partial charge is 0.317 e. The zero-order valence-corrected chi connectivity index (χ0v) is 13.4. The van der Waals surface area contributed by atoms with Crippen LogP contribution in [0, 0.1) is 13.8 Å². The molecule has 1 aromatic heterocycles. The summed E-state index contributed by atoms with van der Waals surface area (Å²) in [5.41, 5.74) is 4.89. The van der Waals surface area contributed by atoms with Gasteiger partial charge in [0.1, 0.15) is 6.17 Å². The van der Waals surface area contributed by atoms with Crippen LogP contribution in [0.1, 0.15) is 35.3 Å². The SMILES string of the molecule is Cc1cscc1CN1C(=O)C(C)NC1c1ccccc1C. The summed E-state index contributed by atoms with van der Waals surface area (Å²) in [6, 6.07) is 8.14. The Hall–Kier alpha value is -1.65. The van der Waals surface area contributed by atoms with Crippen molar-refractivity contribution in [3.63, 3.8) is 0 Å². The van der Waals surface area contributed by atoms with Gasteiger partial charge in [0.15, 0.2) is 0 Å². The molecule has 0 aliphatic carbocycles. The Morgan fingerprint density at radius 2 is 1.95 bits per heavy atom. The van der Waals surface area contributed by atoms with Gasteiger partial charge >= 0.3 is 0 Å². The zero-order chi connectivity index (χ0) is 15.0. The maximum absolute atomic E-state index is 12.5. The molecule has 0 saturated carbocycles. The van der Waals surface area contributed by atoms with Crippen molar-refractivity contribution in [2.75, 3.05) is 0 Å². The van der Waals surface area contributed by atoms with Gasteiger partial charge in [-0.25, -0.2) is 0 Å². The summed E-state index contributed by atoms with van der Waals surface area (Å²) in [6.45, 7) is 6.81. The first-order chi connectivity index (χ1) is 10.1. The van der Waals surface area contributed by atoms with Gasteiger partial charge < -0.3 is 4.90 Å². The van der Waals surface area contributed by atoms with E-state index in [2.05, 4.69) is 42.1 Å². The molecule has 2 atom stereocenters. The number of hydrogen-bond donors (Lipinski definition) is 1. The molecule has 3 rings (SSSR count). The van der Waals surface area contributed by atoms with Crippen molar-refractivity contribution in [2.24, 2.45) is 0 Å². The van der Waals surface area contributed by atoms with Gasteiger partial charge in [-0.2, -0.15) is 11.3 Å². The van der Waals surface area contributed by atoms with Crippen molar-refractivity contribution >= 4 is 17.2 Å². The van der Waals surface area contributed by atoms with E-state index in [1.54, 1.807) is 11.3 Å². The molecular formula is C17H20N2OS. The van der Waals surface area contributed by atoms with E-state index in [-0.39, 0.29) is 18.1 Å². The van der Waals surface area contributed by atoms with E-state index in [4.69, 9.17) is 0 Å². The Balaban J connectivity index is 1.93. The van der Waals surface area contributed by atoms with E-state index in [1.165, 1.54) is 22.3 Å². The third-order valence-electron chi connectivity index (χ3n) is 4.16. The Morgan fingerprint density at radius 3 is 2.62 bits per heavy atom. The van der Waals surface area contributed by atoms with Crippen LogP contribution in [0.25, 0.3) is 0 Å². The van der Waals surface area contributed by atoms with Gasteiger partial charge in [-0.1, -0.05) is 24.3 Å².